The van der Waals surface area contributed by atoms with Crippen LogP contribution in [0.3, 0.4) is 0 Å². The van der Waals surface area contributed by atoms with Gasteiger partial charge >= 0.3 is 6.03 Å². The normalized spacial score (nSPS) is 23.9. The highest BCUT2D eigenvalue weighted by Gasteiger charge is 2.38. The van der Waals surface area contributed by atoms with Gasteiger partial charge in [-0.1, -0.05) is 0 Å². The van der Waals surface area contributed by atoms with Gasteiger partial charge in [-0.25, -0.2) is 21.9 Å². The maximum Gasteiger partial charge on any atom is 0.336 e. The van der Waals surface area contributed by atoms with Gasteiger partial charge < -0.3 is 16.0 Å². The third-order valence-corrected chi connectivity index (χ3v) is 6.47. The predicted octanol–water partition coefficient (Wildman–Crippen LogP) is 0.191. The fourth-order valence-corrected chi connectivity index (χ4v) is 4.67. The molecular weight excluding hydrogens is 403 g/mol. The molecule has 0 fully saturated rings. The number of rotatable bonds is 4. The lowest BCUT2D eigenvalue weighted by molar-refractivity contribution is -0.121. The Morgan fingerprint density at radius 2 is 2.24 bits per heavy atom. The number of urea groups is 1. The van der Waals surface area contributed by atoms with Crippen molar-refractivity contribution in [1.82, 2.24) is 14.9 Å². The Morgan fingerprint density at radius 1 is 1.52 bits per heavy atom. The standard InChI is InChI=1S/C17H19FN6O4S/c1-9-16(22-12(6-19)7-20-9)10(2)21-15(25)8-24-17(26)23-13-4-3-11(18)5-14(13)29(24,27)28/h3-5,9-10,16,20H,7-8H2,1-2H3,(H,21,25)(H,23,26)/t9?,10-,16?/m1/s1. The number of aliphatic imine (C=N–C) groups is 1. The molecule has 0 aliphatic carbocycles. The van der Waals surface area contributed by atoms with Gasteiger partial charge in [-0.3, -0.25) is 9.79 Å². The van der Waals surface area contributed by atoms with Crippen molar-refractivity contribution in [2.45, 2.75) is 36.9 Å². The number of nitriles is 1. The molecule has 154 valence electrons. The summed E-state index contributed by atoms with van der Waals surface area (Å²) < 4.78 is 39.2. The Bertz CT molecular complexity index is 1030. The van der Waals surface area contributed by atoms with Gasteiger partial charge in [0, 0.05) is 18.6 Å². The Morgan fingerprint density at radius 3 is 2.93 bits per heavy atom. The first-order chi connectivity index (χ1) is 13.6. The molecular formula is C17H19FN6O4S. The number of carbonyl (C=O) groups is 2. The first kappa shape index (κ1) is 20.7. The topological polar surface area (TPSA) is 144 Å². The van der Waals surface area contributed by atoms with Crippen molar-refractivity contribution in [2.24, 2.45) is 4.99 Å². The molecule has 2 aliphatic heterocycles. The van der Waals surface area contributed by atoms with Gasteiger partial charge in [0.1, 0.15) is 29.0 Å². The van der Waals surface area contributed by atoms with Crippen LogP contribution in [-0.2, 0) is 14.8 Å². The summed E-state index contributed by atoms with van der Waals surface area (Å²) in [5, 5.41) is 17.0. The smallest absolute Gasteiger partial charge is 0.336 e. The lowest BCUT2D eigenvalue weighted by Crippen LogP contribution is -2.55. The van der Waals surface area contributed by atoms with Crippen molar-refractivity contribution in [3.63, 3.8) is 0 Å². The number of nitrogens with one attached hydrogen (secondary N) is 3. The molecule has 10 nitrogen and oxygen atoms in total. The number of anilines is 1. The third kappa shape index (κ3) is 4.06. The van der Waals surface area contributed by atoms with E-state index >= 15 is 0 Å². The van der Waals surface area contributed by atoms with E-state index in [1.807, 2.05) is 13.0 Å². The van der Waals surface area contributed by atoms with E-state index in [9.17, 15) is 22.4 Å². The molecule has 3 rings (SSSR count). The maximum absolute atomic E-state index is 13.5. The first-order valence-electron chi connectivity index (χ1n) is 8.76. The molecule has 0 aromatic heterocycles. The fraction of sp³-hybridized carbons (Fsp3) is 0.412. The number of fused-ring (bicyclic) bond motifs is 1. The van der Waals surface area contributed by atoms with Crippen LogP contribution in [0.15, 0.2) is 28.1 Å². The highest BCUT2D eigenvalue weighted by atomic mass is 32.2. The molecule has 0 bridgehead atoms. The average Bonchev–Trinajstić information content (AvgIpc) is 2.66. The number of hydrogen-bond acceptors (Lipinski definition) is 7. The van der Waals surface area contributed by atoms with Crippen molar-refractivity contribution >= 4 is 33.4 Å². The molecule has 0 spiro atoms. The largest absolute Gasteiger partial charge is 0.350 e. The van der Waals surface area contributed by atoms with Crippen molar-refractivity contribution in [1.29, 1.82) is 5.26 Å². The van der Waals surface area contributed by atoms with Crippen LogP contribution in [-0.4, -0.2) is 61.6 Å². The van der Waals surface area contributed by atoms with E-state index in [0.29, 0.717) is 16.6 Å². The Hall–Kier alpha value is -3.04. The van der Waals surface area contributed by atoms with Crippen molar-refractivity contribution in [3.05, 3.63) is 24.0 Å². The highest BCUT2D eigenvalue weighted by Crippen LogP contribution is 2.30. The molecule has 1 aromatic rings. The summed E-state index contributed by atoms with van der Waals surface area (Å²) in [5.41, 5.74) is 0.243. The molecule has 12 heteroatoms. The lowest BCUT2D eigenvalue weighted by Gasteiger charge is -2.32. The maximum atomic E-state index is 13.5. The van der Waals surface area contributed by atoms with Crippen LogP contribution in [0.25, 0.3) is 0 Å². The highest BCUT2D eigenvalue weighted by molar-refractivity contribution is 7.90. The minimum absolute atomic E-state index is 0.0538. The predicted molar refractivity (Wildman–Crippen MR) is 101 cm³/mol. The van der Waals surface area contributed by atoms with Crippen LogP contribution in [0.2, 0.25) is 0 Å². The minimum Gasteiger partial charge on any atom is -0.350 e. The first-order valence-corrected chi connectivity index (χ1v) is 10.2. The van der Waals surface area contributed by atoms with E-state index in [4.69, 9.17) is 5.26 Å². The number of nitrogens with zero attached hydrogens (tertiary/aromatic N) is 3. The van der Waals surface area contributed by atoms with Gasteiger partial charge in [0.2, 0.25) is 5.91 Å². The zero-order chi connectivity index (χ0) is 21.3. The van der Waals surface area contributed by atoms with Crippen LogP contribution in [0.1, 0.15) is 13.8 Å². The number of carbonyl (C=O) groups excluding carboxylic acids is 2. The number of benzene rings is 1. The summed E-state index contributed by atoms with van der Waals surface area (Å²) in [7, 11) is -4.40. The number of halogens is 1. The Kier molecular flexibility index (Phi) is 5.54. The van der Waals surface area contributed by atoms with E-state index in [0.717, 1.165) is 18.2 Å². The summed E-state index contributed by atoms with van der Waals surface area (Å²) in [6.45, 7) is 3.06. The molecule has 2 heterocycles. The summed E-state index contributed by atoms with van der Waals surface area (Å²) >= 11 is 0. The number of hydrogen-bond donors (Lipinski definition) is 3. The molecule has 2 unspecified atom stereocenters. The van der Waals surface area contributed by atoms with Crippen LogP contribution in [0, 0.1) is 17.1 Å². The SMILES string of the molecule is CC1NCC(C#N)=NC1[C@@H](C)NC(=O)CN1C(=O)Nc2ccc(F)cc2S1(=O)=O. The quantitative estimate of drug-likeness (QED) is 0.632. The van der Waals surface area contributed by atoms with Gasteiger partial charge in [-0.05, 0) is 32.0 Å². The molecule has 29 heavy (non-hydrogen) atoms. The third-order valence-electron chi connectivity index (χ3n) is 4.71. The zero-order valence-corrected chi connectivity index (χ0v) is 16.5. The second kappa shape index (κ2) is 7.76. The van der Waals surface area contributed by atoms with Crippen molar-refractivity contribution in [3.8, 4) is 6.07 Å². The summed E-state index contributed by atoms with van der Waals surface area (Å²) in [4.78, 5) is 28.5. The summed E-state index contributed by atoms with van der Waals surface area (Å²) in [5.74, 6) is -1.52. The minimum atomic E-state index is -4.40. The molecule has 3 amide bonds. The van der Waals surface area contributed by atoms with E-state index < -0.39 is 51.3 Å². The van der Waals surface area contributed by atoms with Crippen LogP contribution in [0.4, 0.5) is 14.9 Å². The monoisotopic (exact) mass is 422 g/mol. The Balaban J connectivity index is 1.75. The molecule has 0 saturated heterocycles. The second-order valence-electron chi connectivity index (χ2n) is 6.79. The van der Waals surface area contributed by atoms with Gasteiger partial charge in [0.15, 0.2) is 0 Å². The Labute approximate surface area is 166 Å². The van der Waals surface area contributed by atoms with Gasteiger partial charge in [-0.15, -0.1) is 0 Å². The van der Waals surface area contributed by atoms with E-state index in [1.54, 1.807) is 6.92 Å². The molecule has 3 atom stereocenters. The lowest BCUT2D eigenvalue weighted by atomic mass is 10.0. The molecule has 1 aromatic carbocycles. The van der Waals surface area contributed by atoms with Crippen LogP contribution in [0.5, 0.6) is 0 Å². The van der Waals surface area contributed by atoms with Gasteiger partial charge in [-0.2, -0.15) is 5.26 Å². The van der Waals surface area contributed by atoms with E-state index in [1.165, 1.54) is 0 Å². The fourth-order valence-electron chi connectivity index (χ4n) is 3.22. The molecule has 0 radical (unpaired) electrons. The van der Waals surface area contributed by atoms with Crippen molar-refractivity contribution < 1.29 is 22.4 Å². The number of amides is 3. The molecule has 0 saturated carbocycles. The van der Waals surface area contributed by atoms with Crippen LogP contribution >= 0.6 is 0 Å². The molecule has 2 aliphatic rings. The van der Waals surface area contributed by atoms with E-state index in [2.05, 4.69) is 20.9 Å². The van der Waals surface area contributed by atoms with E-state index in [-0.39, 0.29) is 11.7 Å². The molecule has 3 N–H and O–H groups in total. The van der Waals surface area contributed by atoms with Gasteiger partial charge in [0.25, 0.3) is 10.0 Å². The second-order valence-corrected chi connectivity index (χ2v) is 8.62. The summed E-state index contributed by atoms with van der Waals surface area (Å²) in [6.07, 6.45) is 0. The average molecular weight is 422 g/mol. The zero-order valence-electron chi connectivity index (χ0n) is 15.6. The van der Waals surface area contributed by atoms with Crippen molar-refractivity contribution in [2.75, 3.05) is 18.4 Å². The van der Waals surface area contributed by atoms with Gasteiger partial charge in [0.05, 0.1) is 11.7 Å². The number of sulfonamides is 1. The van der Waals surface area contributed by atoms with Crippen LogP contribution < -0.4 is 16.0 Å². The summed E-state index contributed by atoms with van der Waals surface area (Å²) in [6, 6.07) is 2.80.